The molecule has 0 bridgehead atoms. The molecule has 0 spiro atoms. The lowest BCUT2D eigenvalue weighted by molar-refractivity contribution is -0.203. The second-order valence-electron chi connectivity index (χ2n) is 10.2. The van der Waals surface area contributed by atoms with Crippen LogP contribution in [0, 0.1) is 5.92 Å². The Labute approximate surface area is 214 Å². The van der Waals surface area contributed by atoms with E-state index in [-0.39, 0.29) is 41.9 Å². The lowest BCUT2D eigenvalue weighted by Crippen LogP contribution is -2.59. The SMILES string of the molecule is Cn1c2c(c(=O)n(C3CCCC3)c1=O)N(Cc1ncco1)C(N1CCC3CNCC31)N2OC(=O)C(F)(F)F. The van der Waals surface area contributed by atoms with E-state index in [0.717, 1.165) is 35.4 Å². The zero-order chi connectivity index (χ0) is 26.8. The van der Waals surface area contributed by atoms with E-state index >= 15 is 0 Å². The summed E-state index contributed by atoms with van der Waals surface area (Å²) in [5.74, 6) is -2.20. The predicted molar refractivity (Wildman–Crippen MR) is 126 cm³/mol. The first-order valence-electron chi connectivity index (χ1n) is 12.7. The van der Waals surface area contributed by atoms with Crippen molar-refractivity contribution in [3.8, 4) is 0 Å². The van der Waals surface area contributed by atoms with Crippen LogP contribution in [0.5, 0.6) is 0 Å². The highest BCUT2D eigenvalue weighted by molar-refractivity contribution is 5.80. The van der Waals surface area contributed by atoms with E-state index < -0.39 is 29.7 Å². The summed E-state index contributed by atoms with van der Waals surface area (Å²) in [6, 6.07) is -0.405. The van der Waals surface area contributed by atoms with Gasteiger partial charge in [0.1, 0.15) is 6.26 Å². The molecule has 0 aromatic carbocycles. The molecule has 1 saturated carbocycles. The normalized spacial score (nSPS) is 25.8. The van der Waals surface area contributed by atoms with Gasteiger partial charge in [0.15, 0.2) is 17.8 Å². The molecule has 0 amide bonds. The van der Waals surface area contributed by atoms with Crippen LogP contribution in [0.25, 0.3) is 0 Å². The van der Waals surface area contributed by atoms with Gasteiger partial charge in [0.25, 0.3) is 5.56 Å². The standard InChI is InChI=1S/C23H28F3N7O5/c1-29-18-17(19(34)32(22(29)36)14-4-2-3-5-14)31(12-16-28-7-9-37-16)21(33(18)38-20(35)23(24,25)26)30-8-6-13-10-27-11-15(13)30/h7,9,13-15,21,27H,2-6,8,10-12H2,1H3. The van der Waals surface area contributed by atoms with Gasteiger partial charge in [0.2, 0.25) is 5.89 Å². The van der Waals surface area contributed by atoms with Crippen LogP contribution in [0.15, 0.2) is 26.5 Å². The third-order valence-electron chi connectivity index (χ3n) is 8.10. The summed E-state index contributed by atoms with van der Waals surface area (Å²) in [7, 11) is 1.37. The van der Waals surface area contributed by atoms with E-state index in [1.54, 1.807) is 4.90 Å². The molecule has 12 nitrogen and oxygen atoms in total. The number of nitrogens with one attached hydrogen (secondary N) is 1. The van der Waals surface area contributed by atoms with Crippen molar-refractivity contribution in [2.24, 2.45) is 13.0 Å². The molecule has 3 atom stereocenters. The Hall–Kier alpha value is -3.33. The van der Waals surface area contributed by atoms with Crippen molar-refractivity contribution in [3.05, 3.63) is 39.2 Å². The molecular formula is C23H28F3N7O5. The number of alkyl halides is 3. The van der Waals surface area contributed by atoms with Gasteiger partial charge in [0, 0.05) is 32.2 Å². The van der Waals surface area contributed by atoms with Gasteiger partial charge in [-0.25, -0.2) is 14.6 Å². The minimum absolute atomic E-state index is 0.0356. The molecule has 15 heteroatoms. The van der Waals surface area contributed by atoms with Gasteiger partial charge in [-0.2, -0.15) is 13.2 Å². The Bertz CT molecular complexity index is 1330. The molecule has 1 N–H and O–H groups in total. The fourth-order valence-electron chi connectivity index (χ4n) is 6.40. The van der Waals surface area contributed by atoms with Gasteiger partial charge in [0.05, 0.1) is 12.7 Å². The number of aromatic nitrogens is 3. The number of fused-ring (bicyclic) bond motifs is 2. The molecule has 5 heterocycles. The minimum Gasteiger partial charge on any atom is -0.447 e. The van der Waals surface area contributed by atoms with Crippen LogP contribution in [-0.2, 0) is 23.2 Å². The van der Waals surface area contributed by atoms with Crippen LogP contribution in [0.2, 0.25) is 0 Å². The number of oxazole rings is 1. The highest BCUT2D eigenvalue weighted by atomic mass is 19.4. The van der Waals surface area contributed by atoms with Crippen LogP contribution >= 0.6 is 0 Å². The van der Waals surface area contributed by atoms with Gasteiger partial charge in [-0.05, 0) is 31.7 Å². The summed E-state index contributed by atoms with van der Waals surface area (Å²) in [6.07, 6.45) is 0.135. The number of rotatable bonds is 5. The Morgan fingerprint density at radius 1 is 1.21 bits per heavy atom. The van der Waals surface area contributed by atoms with Gasteiger partial charge < -0.3 is 19.5 Å². The van der Waals surface area contributed by atoms with Crippen LogP contribution in [0.4, 0.5) is 24.7 Å². The Kier molecular flexibility index (Phi) is 6.01. The third kappa shape index (κ3) is 3.90. The molecular weight excluding hydrogens is 511 g/mol. The molecule has 206 valence electrons. The maximum Gasteiger partial charge on any atom is 0.493 e. The average molecular weight is 540 g/mol. The molecule has 2 aromatic rings. The minimum atomic E-state index is -5.29. The average Bonchev–Trinajstić information content (AvgIpc) is 3.67. The lowest BCUT2D eigenvalue weighted by Gasteiger charge is -2.39. The van der Waals surface area contributed by atoms with E-state index in [2.05, 4.69) is 10.3 Å². The molecule has 1 aliphatic carbocycles. The Morgan fingerprint density at radius 3 is 2.66 bits per heavy atom. The maximum atomic E-state index is 14.0. The van der Waals surface area contributed by atoms with Crippen molar-refractivity contribution in [2.75, 3.05) is 29.6 Å². The fourth-order valence-corrected chi connectivity index (χ4v) is 6.40. The number of carbonyl (C=O) groups excluding carboxylic acids is 1. The fraction of sp³-hybridized carbons (Fsp3) is 0.652. The Morgan fingerprint density at radius 2 is 1.97 bits per heavy atom. The molecule has 3 fully saturated rings. The summed E-state index contributed by atoms with van der Waals surface area (Å²) in [5, 5.41) is 4.07. The third-order valence-corrected chi connectivity index (χ3v) is 8.10. The van der Waals surface area contributed by atoms with E-state index in [9.17, 15) is 27.6 Å². The summed E-state index contributed by atoms with van der Waals surface area (Å²) >= 11 is 0. The number of carbonyl (C=O) groups is 1. The second kappa shape index (κ2) is 9.15. The number of hydrogen-bond donors (Lipinski definition) is 1. The molecule has 3 aliphatic heterocycles. The topological polar surface area (TPSA) is 118 Å². The number of hydroxylamine groups is 1. The van der Waals surface area contributed by atoms with E-state index in [4.69, 9.17) is 9.25 Å². The molecule has 2 aromatic heterocycles. The molecule has 6 rings (SSSR count). The van der Waals surface area contributed by atoms with Crippen molar-refractivity contribution in [1.82, 2.24) is 24.3 Å². The van der Waals surface area contributed by atoms with Crippen molar-refractivity contribution in [2.45, 2.75) is 63.2 Å². The van der Waals surface area contributed by atoms with Gasteiger partial charge in [-0.15, -0.1) is 5.06 Å². The van der Waals surface area contributed by atoms with E-state index in [0.29, 0.717) is 25.9 Å². The van der Waals surface area contributed by atoms with Crippen LogP contribution in [0.3, 0.4) is 0 Å². The van der Waals surface area contributed by atoms with Crippen LogP contribution in [0.1, 0.15) is 44.0 Å². The quantitative estimate of drug-likeness (QED) is 0.591. The molecule has 4 aliphatic rings. The monoisotopic (exact) mass is 539 g/mol. The first-order valence-corrected chi connectivity index (χ1v) is 12.7. The Balaban J connectivity index is 1.55. The zero-order valence-corrected chi connectivity index (χ0v) is 20.7. The number of likely N-dealkylation sites (tertiary alicyclic amines) is 1. The molecule has 38 heavy (non-hydrogen) atoms. The summed E-state index contributed by atoms with van der Waals surface area (Å²) in [4.78, 5) is 52.2. The summed E-state index contributed by atoms with van der Waals surface area (Å²) in [5.41, 5.74) is -1.35. The maximum absolute atomic E-state index is 14.0. The first kappa shape index (κ1) is 25.0. The van der Waals surface area contributed by atoms with Crippen molar-refractivity contribution in [1.29, 1.82) is 0 Å². The highest BCUT2D eigenvalue weighted by Crippen LogP contribution is 2.43. The molecule has 3 unspecified atom stereocenters. The number of halogens is 3. The highest BCUT2D eigenvalue weighted by Gasteiger charge is 2.54. The number of anilines is 2. The largest absolute Gasteiger partial charge is 0.493 e. The van der Waals surface area contributed by atoms with Crippen molar-refractivity contribution in [3.63, 3.8) is 0 Å². The number of hydrogen-bond acceptors (Lipinski definition) is 10. The van der Waals surface area contributed by atoms with Gasteiger partial charge in [-0.3, -0.25) is 18.8 Å². The number of nitrogens with zero attached hydrogens (tertiary/aromatic N) is 6. The summed E-state index contributed by atoms with van der Waals surface area (Å²) < 4.78 is 48.0. The first-order chi connectivity index (χ1) is 18.2. The second-order valence-corrected chi connectivity index (χ2v) is 10.2. The molecule has 2 saturated heterocycles. The smallest absolute Gasteiger partial charge is 0.447 e. The van der Waals surface area contributed by atoms with E-state index in [1.807, 2.05) is 4.90 Å². The van der Waals surface area contributed by atoms with Gasteiger partial charge >= 0.3 is 17.8 Å². The predicted octanol–water partition coefficient (Wildman–Crippen LogP) is 1.07. The van der Waals surface area contributed by atoms with Crippen molar-refractivity contribution >= 4 is 17.5 Å². The van der Waals surface area contributed by atoms with Gasteiger partial charge in [-0.1, -0.05) is 12.8 Å². The van der Waals surface area contributed by atoms with E-state index in [1.165, 1.54) is 24.1 Å². The lowest BCUT2D eigenvalue weighted by atomic mass is 10.1. The molecule has 0 radical (unpaired) electrons. The summed E-state index contributed by atoms with van der Waals surface area (Å²) in [6.45, 7) is 1.72. The van der Waals surface area contributed by atoms with Crippen molar-refractivity contribution < 1.29 is 27.2 Å². The van der Waals surface area contributed by atoms with Crippen LogP contribution < -0.4 is 26.5 Å². The van der Waals surface area contributed by atoms with Crippen LogP contribution in [-0.4, -0.2) is 63.1 Å². The zero-order valence-electron chi connectivity index (χ0n) is 20.7.